The molecule has 0 aliphatic carbocycles. The third kappa shape index (κ3) is 3.05. The average Bonchev–Trinajstić information content (AvgIpc) is 3.22. The van der Waals surface area contributed by atoms with Gasteiger partial charge in [0.1, 0.15) is 6.04 Å². The van der Waals surface area contributed by atoms with Crippen molar-refractivity contribution in [3.63, 3.8) is 0 Å². The Bertz CT molecular complexity index is 776. The van der Waals surface area contributed by atoms with Crippen molar-refractivity contribution < 1.29 is 14.7 Å². The van der Waals surface area contributed by atoms with E-state index in [0.717, 1.165) is 11.3 Å². The minimum atomic E-state index is -1.06. The second-order valence-corrected chi connectivity index (χ2v) is 6.51. The number of carbonyl (C=O) groups excluding carboxylic acids is 1. The van der Waals surface area contributed by atoms with Crippen LogP contribution in [0.25, 0.3) is 11.3 Å². The monoisotopic (exact) mass is 346 g/mol. The number of thiazole rings is 1. The van der Waals surface area contributed by atoms with Gasteiger partial charge in [0.15, 0.2) is 5.13 Å². The highest BCUT2D eigenvalue weighted by Crippen LogP contribution is 2.29. The van der Waals surface area contributed by atoms with E-state index in [1.807, 2.05) is 23.6 Å². The average molecular weight is 346 g/mol. The summed E-state index contributed by atoms with van der Waals surface area (Å²) >= 11 is 1.34. The highest BCUT2D eigenvalue weighted by atomic mass is 32.1. The molecule has 1 aliphatic heterocycles. The second kappa shape index (κ2) is 6.48. The Hall–Kier alpha value is -2.61. The van der Waals surface area contributed by atoms with E-state index in [0.29, 0.717) is 30.2 Å². The maximum atomic E-state index is 12.6. The van der Waals surface area contributed by atoms with E-state index >= 15 is 0 Å². The molecule has 1 saturated heterocycles. The van der Waals surface area contributed by atoms with Crippen LogP contribution in [0.2, 0.25) is 0 Å². The summed E-state index contributed by atoms with van der Waals surface area (Å²) < 4.78 is 0. The largest absolute Gasteiger partial charge is 0.465 e. The SMILES string of the molecule is CN(C(=O)[C@@H]1CCCN1C(=O)O)c1nc(-c2cccc(N)c2)cs1. The van der Waals surface area contributed by atoms with Crippen LogP contribution in [-0.4, -0.2) is 46.6 Å². The number of nitrogen functional groups attached to an aromatic ring is 1. The fraction of sp³-hybridized carbons (Fsp3) is 0.312. The van der Waals surface area contributed by atoms with Crippen LogP contribution in [0.1, 0.15) is 12.8 Å². The number of hydrogen-bond acceptors (Lipinski definition) is 5. The molecule has 0 spiro atoms. The van der Waals surface area contributed by atoms with Gasteiger partial charge < -0.3 is 10.8 Å². The molecule has 0 unspecified atom stereocenters. The first-order valence-corrected chi connectivity index (χ1v) is 8.44. The molecule has 0 saturated carbocycles. The molecule has 24 heavy (non-hydrogen) atoms. The topological polar surface area (TPSA) is 99.8 Å². The minimum Gasteiger partial charge on any atom is -0.465 e. The van der Waals surface area contributed by atoms with Crippen molar-refractivity contribution in [2.45, 2.75) is 18.9 Å². The van der Waals surface area contributed by atoms with Gasteiger partial charge in [0.25, 0.3) is 5.91 Å². The van der Waals surface area contributed by atoms with Crippen molar-refractivity contribution in [1.82, 2.24) is 9.88 Å². The number of carboxylic acid groups (broad SMARTS) is 1. The van der Waals surface area contributed by atoms with Gasteiger partial charge in [-0.15, -0.1) is 11.3 Å². The van der Waals surface area contributed by atoms with Gasteiger partial charge in [-0.2, -0.15) is 0 Å². The zero-order valence-electron chi connectivity index (χ0n) is 13.2. The third-order valence-electron chi connectivity index (χ3n) is 4.08. The molecule has 126 valence electrons. The van der Waals surface area contributed by atoms with E-state index in [1.165, 1.54) is 21.1 Å². The van der Waals surface area contributed by atoms with Crippen molar-refractivity contribution >= 4 is 34.2 Å². The van der Waals surface area contributed by atoms with Gasteiger partial charge in [-0.05, 0) is 25.0 Å². The highest BCUT2D eigenvalue weighted by Gasteiger charge is 2.36. The number of likely N-dealkylation sites (N-methyl/N-ethyl adjacent to an activating group) is 1. The molecule has 8 heteroatoms. The quantitative estimate of drug-likeness (QED) is 0.832. The Morgan fingerprint density at radius 1 is 1.46 bits per heavy atom. The first-order valence-electron chi connectivity index (χ1n) is 7.56. The first kappa shape index (κ1) is 16.3. The maximum absolute atomic E-state index is 12.6. The molecule has 2 aromatic rings. The molecule has 0 radical (unpaired) electrons. The number of carbonyl (C=O) groups is 2. The fourth-order valence-electron chi connectivity index (χ4n) is 2.82. The number of rotatable bonds is 3. The Balaban J connectivity index is 1.79. The molecule has 3 rings (SSSR count). The van der Waals surface area contributed by atoms with E-state index in [2.05, 4.69) is 4.98 Å². The molecule has 1 fully saturated rings. The highest BCUT2D eigenvalue weighted by molar-refractivity contribution is 7.14. The van der Waals surface area contributed by atoms with E-state index in [4.69, 9.17) is 5.73 Å². The van der Waals surface area contributed by atoms with Crippen LogP contribution in [0.4, 0.5) is 15.6 Å². The summed E-state index contributed by atoms with van der Waals surface area (Å²) in [6.45, 7) is 0.395. The number of amides is 2. The van der Waals surface area contributed by atoms with E-state index in [9.17, 15) is 14.7 Å². The van der Waals surface area contributed by atoms with Crippen LogP contribution in [0.3, 0.4) is 0 Å². The number of likely N-dealkylation sites (tertiary alicyclic amines) is 1. The summed E-state index contributed by atoms with van der Waals surface area (Å²) in [6.07, 6.45) is 0.185. The lowest BCUT2D eigenvalue weighted by Crippen LogP contribution is -2.46. The van der Waals surface area contributed by atoms with Crippen LogP contribution >= 0.6 is 11.3 Å². The van der Waals surface area contributed by atoms with Gasteiger partial charge in [0, 0.05) is 30.2 Å². The third-order valence-corrected chi connectivity index (χ3v) is 4.99. The minimum absolute atomic E-state index is 0.247. The smallest absolute Gasteiger partial charge is 0.407 e. The number of benzene rings is 1. The summed E-state index contributed by atoms with van der Waals surface area (Å²) in [5.41, 5.74) is 8.06. The van der Waals surface area contributed by atoms with Gasteiger partial charge in [0.2, 0.25) is 0 Å². The molecule has 2 amide bonds. The summed E-state index contributed by atoms with van der Waals surface area (Å²) in [6, 6.07) is 6.74. The van der Waals surface area contributed by atoms with Crippen molar-refractivity contribution in [1.29, 1.82) is 0 Å². The number of hydrogen-bond donors (Lipinski definition) is 2. The Morgan fingerprint density at radius 2 is 2.25 bits per heavy atom. The molecule has 1 aliphatic rings. The normalized spacial score (nSPS) is 17.0. The van der Waals surface area contributed by atoms with Crippen LogP contribution < -0.4 is 10.6 Å². The molecule has 2 heterocycles. The molecule has 0 bridgehead atoms. The molecule has 1 atom stereocenters. The van der Waals surface area contributed by atoms with Crippen LogP contribution in [0, 0.1) is 0 Å². The van der Waals surface area contributed by atoms with Gasteiger partial charge in [-0.1, -0.05) is 12.1 Å². The van der Waals surface area contributed by atoms with Gasteiger partial charge in [-0.3, -0.25) is 14.6 Å². The predicted octanol–water partition coefficient (Wildman–Crippen LogP) is 2.50. The summed E-state index contributed by atoms with van der Waals surface area (Å²) in [5.74, 6) is -0.247. The zero-order valence-corrected chi connectivity index (χ0v) is 14.0. The van der Waals surface area contributed by atoms with E-state index in [1.54, 1.807) is 13.1 Å². The summed E-state index contributed by atoms with van der Waals surface area (Å²) in [7, 11) is 1.63. The summed E-state index contributed by atoms with van der Waals surface area (Å²) in [4.78, 5) is 31.0. The maximum Gasteiger partial charge on any atom is 0.407 e. The van der Waals surface area contributed by atoms with E-state index < -0.39 is 12.1 Å². The molecule has 3 N–H and O–H groups in total. The fourth-order valence-corrected chi connectivity index (χ4v) is 3.62. The lowest BCUT2D eigenvalue weighted by atomic mass is 10.1. The Morgan fingerprint density at radius 3 is 2.96 bits per heavy atom. The van der Waals surface area contributed by atoms with Gasteiger partial charge in [-0.25, -0.2) is 9.78 Å². The van der Waals surface area contributed by atoms with Crippen LogP contribution in [0.5, 0.6) is 0 Å². The van der Waals surface area contributed by atoms with E-state index in [-0.39, 0.29) is 5.91 Å². The first-order chi connectivity index (χ1) is 11.5. The van der Waals surface area contributed by atoms with Crippen LogP contribution in [0.15, 0.2) is 29.6 Å². The van der Waals surface area contributed by atoms with Crippen LogP contribution in [-0.2, 0) is 4.79 Å². The Labute approximate surface area is 143 Å². The lowest BCUT2D eigenvalue weighted by Gasteiger charge is -2.24. The van der Waals surface area contributed by atoms with Crippen molar-refractivity contribution in [3.8, 4) is 11.3 Å². The molecular weight excluding hydrogens is 328 g/mol. The van der Waals surface area contributed by atoms with Gasteiger partial charge >= 0.3 is 6.09 Å². The standard InChI is InChI=1S/C16H18N4O3S/c1-19(14(21)13-6-3-7-20(13)16(22)23)15-18-12(9-24-15)10-4-2-5-11(17)8-10/h2,4-5,8-9,13H,3,6-7,17H2,1H3,(H,22,23)/t13-/m0/s1. The van der Waals surface area contributed by atoms with Gasteiger partial charge in [0.05, 0.1) is 5.69 Å². The lowest BCUT2D eigenvalue weighted by molar-refractivity contribution is -0.122. The Kier molecular flexibility index (Phi) is 4.39. The summed E-state index contributed by atoms with van der Waals surface area (Å²) in [5, 5.41) is 11.6. The number of anilines is 2. The molecule has 1 aromatic heterocycles. The molecular formula is C16H18N4O3S. The van der Waals surface area contributed by atoms with Crippen molar-refractivity contribution in [3.05, 3.63) is 29.6 Å². The number of aromatic nitrogens is 1. The predicted molar refractivity (Wildman–Crippen MR) is 93.1 cm³/mol. The molecule has 7 nitrogen and oxygen atoms in total. The number of nitrogens with zero attached hydrogens (tertiary/aromatic N) is 3. The number of nitrogens with two attached hydrogens (primary N) is 1. The zero-order chi connectivity index (χ0) is 17.3. The molecule has 1 aromatic carbocycles. The van der Waals surface area contributed by atoms with Crippen molar-refractivity contribution in [2.75, 3.05) is 24.2 Å². The second-order valence-electron chi connectivity index (χ2n) is 5.67. The van der Waals surface area contributed by atoms with Crippen molar-refractivity contribution in [2.24, 2.45) is 0 Å².